The van der Waals surface area contributed by atoms with E-state index in [0.29, 0.717) is 50.5 Å². The highest BCUT2D eigenvalue weighted by molar-refractivity contribution is 5.94. The molecule has 2 aliphatic heterocycles. The van der Waals surface area contributed by atoms with Crippen molar-refractivity contribution in [2.75, 3.05) is 43.0 Å². The van der Waals surface area contributed by atoms with Crippen molar-refractivity contribution in [3.8, 4) is 5.75 Å². The maximum atomic E-state index is 13.4. The number of anilines is 2. The molecule has 6 nitrogen and oxygen atoms in total. The molecule has 1 fully saturated rings. The zero-order valence-corrected chi connectivity index (χ0v) is 15.8. The van der Waals surface area contributed by atoms with E-state index in [2.05, 4.69) is 5.32 Å². The Hall–Kier alpha value is -3.16. The Kier molecular flexibility index (Phi) is 5.33. The third kappa shape index (κ3) is 4.31. The fraction of sp³-hybridized carbons (Fsp3) is 0.333. The Balaban J connectivity index is 1.28. The Morgan fingerprint density at radius 1 is 1.00 bits per heavy atom. The first-order valence-corrected chi connectivity index (χ1v) is 9.53. The van der Waals surface area contributed by atoms with Crippen LogP contribution in [0.25, 0.3) is 0 Å². The fourth-order valence-electron chi connectivity index (χ4n) is 3.57. The van der Waals surface area contributed by atoms with Crippen LogP contribution >= 0.6 is 0 Å². The van der Waals surface area contributed by atoms with Crippen molar-refractivity contribution in [3.63, 3.8) is 0 Å². The van der Waals surface area contributed by atoms with Gasteiger partial charge < -0.3 is 19.9 Å². The maximum Gasteiger partial charge on any atom is 0.242 e. The van der Waals surface area contributed by atoms with Crippen LogP contribution in [-0.2, 0) is 16.0 Å². The number of nitrogens with zero attached hydrogens (tertiary/aromatic N) is 2. The molecule has 29 heavy (non-hydrogen) atoms. The van der Waals surface area contributed by atoms with Crippen molar-refractivity contribution < 1.29 is 23.1 Å². The quantitative estimate of drug-likeness (QED) is 0.837. The molecule has 1 N–H and O–H groups in total. The van der Waals surface area contributed by atoms with Crippen LogP contribution in [0.2, 0.25) is 0 Å². The summed E-state index contributed by atoms with van der Waals surface area (Å²) in [4.78, 5) is 27.3. The number of aryl methyl sites for hydroxylation is 1. The summed E-state index contributed by atoms with van der Waals surface area (Å²) in [5, 5.41) is 2.83. The van der Waals surface area contributed by atoms with E-state index in [0.717, 1.165) is 23.4 Å². The number of carbonyl (C=O) groups is 2. The summed E-state index contributed by atoms with van der Waals surface area (Å²) in [5.41, 5.74) is 2.35. The predicted molar refractivity (Wildman–Crippen MR) is 104 cm³/mol. The minimum atomic E-state index is -0.921. The number of ether oxygens (including phenoxy) is 1. The van der Waals surface area contributed by atoms with Crippen LogP contribution in [0.3, 0.4) is 0 Å². The minimum Gasteiger partial charge on any atom is -0.492 e. The molecule has 2 aromatic rings. The molecule has 0 atom stereocenters. The van der Waals surface area contributed by atoms with E-state index in [1.807, 2.05) is 12.1 Å². The standard InChI is InChI=1S/C21H21F2N3O3/c22-17-4-2-15(12-18(17)23)26-8-7-25(21(28)13-26)9-10-29-16-3-5-19-14(11-16)1-6-20(27)24-19/h2-5,11-12H,1,6-10,13H2,(H,24,27). The lowest BCUT2D eigenvalue weighted by molar-refractivity contribution is -0.131. The first kappa shape index (κ1) is 19.2. The van der Waals surface area contributed by atoms with Crippen molar-refractivity contribution >= 4 is 23.2 Å². The number of hydrogen-bond donors (Lipinski definition) is 1. The molecule has 0 spiro atoms. The van der Waals surface area contributed by atoms with Crippen LogP contribution in [-0.4, -0.2) is 49.5 Å². The van der Waals surface area contributed by atoms with Crippen molar-refractivity contribution in [1.29, 1.82) is 0 Å². The molecule has 0 bridgehead atoms. The number of fused-ring (bicyclic) bond motifs is 1. The van der Waals surface area contributed by atoms with Crippen LogP contribution in [0.4, 0.5) is 20.2 Å². The van der Waals surface area contributed by atoms with Gasteiger partial charge in [-0.25, -0.2) is 8.78 Å². The van der Waals surface area contributed by atoms with Crippen molar-refractivity contribution in [2.24, 2.45) is 0 Å². The summed E-state index contributed by atoms with van der Waals surface area (Å²) in [7, 11) is 0. The molecule has 0 aliphatic carbocycles. The first-order valence-electron chi connectivity index (χ1n) is 9.53. The second kappa shape index (κ2) is 8.06. The van der Waals surface area contributed by atoms with Gasteiger partial charge in [0.05, 0.1) is 13.1 Å². The topological polar surface area (TPSA) is 61.9 Å². The van der Waals surface area contributed by atoms with Gasteiger partial charge in [0.15, 0.2) is 11.6 Å². The molecule has 0 saturated carbocycles. The summed E-state index contributed by atoms with van der Waals surface area (Å²) in [6.07, 6.45) is 1.15. The van der Waals surface area contributed by atoms with Gasteiger partial charge in [-0.1, -0.05) is 0 Å². The molecule has 2 aromatic carbocycles. The Morgan fingerprint density at radius 3 is 2.66 bits per heavy atom. The number of benzene rings is 2. The minimum absolute atomic E-state index is 0.0206. The van der Waals surface area contributed by atoms with E-state index in [1.165, 1.54) is 6.07 Å². The van der Waals surface area contributed by atoms with Gasteiger partial charge in [0.1, 0.15) is 12.4 Å². The molecule has 0 aromatic heterocycles. The van der Waals surface area contributed by atoms with E-state index in [9.17, 15) is 18.4 Å². The van der Waals surface area contributed by atoms with Crippen LogP contribution in [0, 0.1) is 11.6 Å². The fourth-order valence-corrected chi connectivity index (χ4v) is 3.57. The van der Waals surface area contributed by atoms with E-state index in [4.69, 9.17) is 4.74 Å². The summed E-state index contributed by atoms with van der Waals surface area (Å²) >= 11 is 0. The number of amides is 2. The van der Waals surface area contributed by atoms with Crippen LogP contribution in [0.1, 0.15) is 12.0 Å². The normalized spacial score (nSPS) is 16.5. The second-order valence-electron chi connectivity index (χ2n) is 7.12. The smallest absolute Gasteiger partial charge is 0.242 e. The molecule has 0 unspecified atom stereocenters. The predicted octanol–water partition coefficient (Wildman–Crippen LogP) is 2.58. The monoisotopic (exact) mass is 401 g/mol. The summed E-state index contributed by atoms with van der Waals surface area (Å²) in [6.45, 7) is 1.93. The Bertz CT molecular complexity index is 951. The number of carbonyl (C=O) groups excluding carboxylic acids is 2. The summed E-state index contributed by atoms with van der Waals surface area (Å²) in [5.74, 6) is -1.19. The van der Waals surface area contributed by atoms with E-state index in [-0.39, 0.29) is 18.4 Å². The van der Waals surface area contributed by atoms with Gasteiger partial charge in [-0.05, 0) is 42.3 Å². The molecule has 4 rings (SSSR count). The Morgan fingerprint density at radius 2 is 1.86 bits per heavy atom. The first-order chi connectivity index (χ1) is 14.0. The number of nitrogens with one attached hydrogen (secondary N) is 1. The molecular formula is C21H21F2N3O3. The molecule has 2 heterocycles. The molecule has 152 valence electrons. The van der Waals surface area contributed by atoms with Crippen molar-refractivity contribution in [1.82, 2.24) is 4.90 Å². The van der Waals surface area contributed by atoms with Crippen LogP contribution < -0.4 is 15.0 Å². The van der Waals surface area contributed by atoms with Crippen LogP contribution in [0.5, 0.6) is 5.75 Å². The average Bonchev–Trinajstić information content (AvgIpc) is 2.71. The third-order valence-electron chi connectivity index (χ3n) is 5.19. The molecule has 2 aliphatic rings. The van der Waals surface area contributed by atoms with Gasteiger partial charge in [0.2, 0.25) is 11.8 Å². The van der Waals surface area contributed by atoms with Crippen molar-refractivity contribution in [3.05, 3.63) is 53.6 Å². The number of rotatable bonds is 5. The van der Waals surface area contributed by atoms with Gasteiger partial charge in [-0.3, -0.25) is 9.59 Å². The van der Waals surface area contributed by atoms with E-state index < -0.39 is 11.6 Å². The zero-order chi connectivity index (χ0) is 20.4. The highest BCUT2D eigenvalue weighted by atomic mass is 19.2. The third-order valence-corrected chi connectivity index (χ3v) is 5.19. The highest BCUT2D eigenvalue weighted by Gasteiger charge is 2.24. The number of halogens is 2. The van der Waals surface area contributed by atoms with Gasteiger partial charge in [0.25, 0.3) is 0 Å². The Labute approximate surface area is 167 Å². The SMILES string of the molecule is O=C1CCc2cc(OCCN3CCN(c4ccc(F)c(F)c4)CC3=O)ccc2N1. The van der Waals surface area contributed by atoms with E-state index >= 15 is 0 Å². The molecule has 0 radical (unpaired) electrons. The van der Waals surface area contributed by atoms with Gasteiger partial charge in [-0.2, -0.15) is 0 Å². The second-order valence-corrected chi connectivity index (χ2v) is 7.12. The average molecular weight is 401 g/mol. The molecular weight excluding hydrogens is 380 g/mol. The molecule has 2 amide bonds. The zero-order valence-electron chi connectivity index (χ0n) is 15.8. The lowest BCUT2D eigenvalue weighted by atomic mass is 10.0. The van der Waals surface area contributed by atoms with Crippen LogP contribution in [0.15, 0.2) is 36.4 Å². The van der Waals surface area contributed by atoms with Gasteiger partial charge >= 0.3 is 0 Å². The lowest BCUT2D eigenvalue weighted by Crippen LogP contribution is -2.51. The van der Waals surface area contributed by atoms with E-state index in [1.54, 1.807) is 15.9 Å². The molecule has 8 heteroatoms. The molecule has 1 saturated heterocycles. The highest BCUT2D eigenvalue weighted by Crippen LogP contribution is 2.27. The van der Waals surface area contributed by atoms with Crippen molar-refractivity contribution in [2.45, 2.75) is 12.8 Å². The summed E-state index contributed by atoms with van der Waals surface area (Å²) in [6, 6.07) is 9.20. The number of piperazine rings is 1. The summed E-state index contributed by atoms with van der Waals surface area (Å²) < 4.78 is 32.3. The lowest BCUT2D eigenvalue weighted by Gasteiger charge is -2.35. The maximum absolute atomic E-state index is 13.4. The van der Waals surface area contributed by atoms with Gasteiger partial charge in [-0.15, -0.1) is 0 Å². The van der Waals surface area contributed by atoms with Gasteiger partial charge in [0, 0.05) is 37.0 Å². The largest absolute Gasteiger partial charge is 0.492 e. The number of hydrogen-bond acceptors (Lipinski definition) is 4.